The molecule has 0 bridgehead atoms. The molecule has 6 rings (SSSR count). The van der Waals surface area contributed by atoms with E-state index in [4.69, 9.17) is 59.2 Å². The number of carbonyl (C=O) groups is 6. The average Bonchev–Trinajstić information content (AvgIpc) is 1.65. The van der Waals surface area contributed by atoms with Crippen molar-refractivity contribution in [3.8, 4) is 17.2 Å². The molecule has 0 unspecified atom stereocenters. The van der Waals surface area contributed by atoms with E-state index in [0.717, 1.165) is 50.7 Å². The highest BCUT2D eigenvalue weighted by Gasteiger charge is 2.42. The number of benzene rings is 3. The number of nitrogens with two attached hydrogens (primary N) is 6. The van der Waals surface area contributed by atoms with Crippen LogP contribution in [0.4, 0.5) is 17.6 Å². The lowest BCUT2D eigenvalue weighted by molar-refractivity contribution is -0.438. The molecule has 3 aliphatic carbocycles. The van der Waals surface area contributed by atoms with Crippen molar-refractivity contribution in [2.45, 2.75) is 253 Å². The fraction of sp³-hybridized carbons (Fsp3) is 0.557. The molecule has 126 heavy (non-hydrogen) atoms. The third-order valence-electron chi connectivity index (χ3n) is 20.2. The van der Waals surface area contributed by atoms with Crippen molar-refractivity contribution in [2.24, 2.45) is 52.7 Å². The lowest BCUT2D eigenvalue weighted by atomic mass is 9.89. The number of carboxylic acids is 6. The first kappa shape index (κ1) is 114. The second-order valence-electron chi connectivity index (χ2n) is 31.0. The molecule has 3 aromatic carbocycles. The standard InChI is InChI=1S/C23H29F3O6.C22H29ClO6.C22H29FO6.3C7H15N3O2/c24-23(25,26)15-6-5-7-17(12-15)32-14-16(27)10-11-19-18(20(28)13-21(19)29)8-3-1-2-4-9-22(30)31;23-15-6-5-7-17(12-15)29-14-16(24)10-11-19-18(20(25)13-21(19)26)8-3-1-2-4-9-22(27)28;23-18-8-5-6-9-21(18)29-14-15(24)11-12-17-16(19(25)13-20(17)26)7-3-1-2-4-10-22(27)28;3*8-5(7(11)12)3-1-2-4-6(9)10/h1,3,5-7,10-12,16,18-21,27-29H,2,4,8-9,13-14H2,(H,30,31);1,3,5-7,10-12,16,18-21,24-26H,2,4,8-9,13-14H2,(H,27,28);1,3,5-6,8-9,11-12,15-17,19-20,24-26H,2,4,7,10,13-14H2,(H,27,28);3*5H,1-4,8H2,(H3,9,10)(H,11,12)/b2*3-1-,11-10+;3-1-,12-11+;;;/t2*16-,18-,19-,20+,21-;15-,16-,17-,19+,20-;3*5-/m111000/s1. The zero-order valence-corrected chi connectivity index (χ0v) is 71.8. The van der Waals surface area contributed by atoms with Gasteiger partial charge < -0.3 is 137 Å². The Bertz CT molecular complexity index is 3790. The maximum Gasteiger partial charge on any atom is 0.416 e. The number of quaternary nitrogens is 3. The maximum absolute atomic E-state index is 13.5. The molecule has 0 aliphatic heterocycles. The Kier molecular flexibility index (Phi) is 58.9. The van der Waals surface area contributed by atoms with Gasteiger partial charge in [0.1, 0.15) is 67.8 Å². The lowest BCUT2D eigenvalue weighted by Crippen LogP contribution is -2.68. The highest BCUT2D eigenvalue weighted by molar-refractivity contribution is 6.30. The van der Waals surface area contributed by atoms with Gasteiger partial charge in [0.2, 0.25) is 17.5 Å². The minimum atomic E-state index is -4.49. The van der Waals surface area contributed by atoms with Gasteiger partial charge >= 0.3 is 6.18 Å². The molecule has 18 atom stereocenters. The topological polar surface area (TPSA) is 688 Å². The molecule has 38 heteroatoms. The molecule has 708 valence electrons. The smallest absolute Gasteiger partial charge is 0.416 e. The molecular weight excluding hydrogens is 1680 g/mol. The third kappa shape index (κ3) is 53.7. The monoisotopic (exact) mass is 1810 g/mol. The highest BCUT2D eigenvalue weighted by atomic mass is 35.5. The van der Waals surface area contributed by atoms with Gasteiger partial charge in [0.05, 0.1) is 60.1 Å². The summed E-state index contributed by atoms with van der Waals surface area (Å²) >= 11 is 5.89. The Morgan fingerprint density at radius 1 is 0.444 bits per heavy atom. The molecule has 3 aromatic rings. The first-order valence-corrected chi connectivity index (χ1v) is 42.3. The molecule has 0 spiro atoms. The maximum atomic E-state index is 13.5. The fourth-order valence-electron chi connectivity index (χ4n) is 13.2. The number of carboxylic acid groups (broad SMARTS) is 6. The van der Waals surface area contributed by atoms with Crippen LogP contribution >= 0.6 is 11.6 Å². The van der Waals surface area contributed by atoms with E-state index in [2.05, 4.69) is 17.2 Å². The van der Waals surface area contributed by atoms with Crippen molar-refractivity contribution in [2.75, 3.05) is 19.8 Å². The van der Waals surface area contributed by atoms with Crippen molar-refractivity contribution < 1.29 is 171 Å². The number of amidine groups is 3. The zero-order valence-electron chi connectivity index (χ0n) is 71.1. The van der Waals surface area contributed by atoms with Crippen molar-refractivity contribution in [1.29, 1.82) is 0 Å². The first-order chi connectivity index (χ1) is 59.4. The summed E-state index contributed by atoms with van der Waals surface area (Å²) in [6, 6.07) is 15.3. The van der Waals surface area contributed by atoms with Crippen LogP contribution in [0.2, 0.25) is 5.02 Å². The number of rotatable bonds is 51. The minimum Gasteiger partial charge on any atom is -0.550 e. The lowest BCUT2D eigenvalue weighted by Gasteiger charge is -2.19. The van der Waals surface area contributed by atoms with E-state index in [0.29, 0.717) is 125 Å². The van der Waals surface area contributed by atoms with E-state index >= 15 is 0 Å². The Labute approximate surface area is 736 Å². The van der Waals surface area contributed by atoms with Crippen molar-refractivity contribution >= 4 is 64.9 Å². The summed E-state index contributed by atoms with van der Waals surface area (Å²) in [5.41, 5.74) is 25.1. The van der Waals surface area contributed by atoms with E-state index in [-0.39, 0.29) is 99.4 Å². The number of aliphatic hydroxyl groups is 9. The number of hydrogen-bond acceptors (Lipinski definition) is 24. The Hall–Kier alpha value is -9.74. The van der Waals surface area contributed by atoms with Gasteiger partial charge in [0, 0.05) is 98.5 Å². The predicted molar refractivity (Wildman–Crippen MR) is 444 cm³/mol. The van der Waals surface area contributed by atoms with E-state index in [1.807, 2.05) is 36.5 Å². The van der Waals surface area contributed by atoms with E-state index in [9.17, 15) is 123 Å². The predicted octanol–water partition coefficient (Wildman–Crippen LogP) is -6.50. The summed E-state index contributed by atoms with van der Waals surface area (Å²) < 4.78 is 67.8. The Morgan fingerprint density at radius 3 is 1.06 bits per heavy atom. The number of allylic oxidation sites excluding steroid dienone is 6. The largest absolute Gasteiger partial charge is 0.550 e. The van der Waals surface area contributed by atoms with Crippen LogP contribution in [0.1, 0.15) is 179 Å². The SMILES string of the molecule is NC(=[NH2+])CCCC[C@H]([NH3+])C(=O)[O-].NC(=[NH2+])CCCC[C@H]([NH3+])C(=O)[O-].NC(=[NH2+])CCCC[C@H]([NH3+])C(=O)[O-].O=C([O-])CCC/C=C\C[C@@H]1[C@@H](/C=C/[C@@H](O)COc2cccc(C(F)(F)F)c2)[C@H](O)C[C@@H]1O.O=C([O-])CCC/C=C\C[C@@H]1[C@@H](/C=C/[C@@H](O)COc2cccc(Cl)c2)[C@H](O)C[C@@H]1O.O=C([O-])CCC/C=C\C[C@@H]1[C@@H](/C=C/[C@@H](O)COc2ccccc2F)[C@H](O)C[C@@H]1O. The molecule has 0 heterocycles. The number of alkyl halides is 3. The van der Waals surface area contributed by atoms with Gasteiger partial charge in [-0.3, -0.25) is 33.4 Å². The number of carbonyl (C=O) groups excluding carboxylic acids is 6. The normalized spacial score (nSPS) is 21.7. The molecule has 3 fully saturated rings. The molecule has 0 radical (unpaired) electrons. The number of unbranched alkanes of at least 4 members (excludes halogenated alkanes) is 6. The van der Waals surface area contributed by atoms with Gasteiger partial charge in [-0.25, -0.2) is 4.39 Å². The summed E-state index contributed by atoms with van der Waals surface area (Å²) in [5.74, 6) is -6.96. The zero-order chi connectivity index (χ0) is 94.9. The third-order valence-corrected chi connectivity index (χ3v) is 20.5. The summed E-state index contributed by atoms with van der Waals surface area (Å²) in [5, 5.41) is 170. The molecule has 3 aliphatic rings. The molecule has 3 saturated carbocycles. The molecule has 0 saturated heterocycles. The summed E-state index contributed by atoms with van der Waals surface area (Å²) in [6.07, 6.45) is 22.7. The quantitative estimate of drug-likeness (QED) is 0.00822. The van der Waals surface area contributed by atoms with Crippen LogP contribution in [0, 0.1) is 41.3 Å². The van der Waals surface area contributed by atoms with Crippen molar-refractivity contribution in [3.05, 3.63) is 162 Å². The second kappa shape index (κ2) is 64.9. The van der Waals surface area contributed by atoms with Crippen molar-refractivity contribution in [1.82, 2.24) is 0 Å². The fourth-order valence-corrected chi connectivity index (χ4v) is 13.4. The summed E-state index contributed by atoms with van der Waals surface area (Å²) in [4.78, 5) is 61.8. The van der Waals surface area contributed by atoms with Gasteiger partial charge in [-0.05, 0) is 182 Å². The number of halogens is 5. The van der Waals surface area contributed by atoms with Gasteiger partial charge in [-0.1, -0.05) is 109 Å². The highest BCUT2D eigenvalue weighted by Crippen LogP contribution is 2.39. The number of ether oxygens (including phenoxy) is 3. The van der Waals surface area contributed by atoms with Crippen LogP contribution < -0.4 is 95.5 Å². The number of aliphatic carboxylic acids is 6. The van der Waals surface area contributed by atoms with E-state index in [1.165, 1.54) is 36.4 Å². The van der Waals surface area contributed by atoms with Crippen LogP contribution in [0.15, 0.2) is 146 Å². The van der Waals surface area contributed by atoms with Gasteiger partial charge in [0.25, 0.3) is 0 Å². The van der Waals surface area contributed by atoms with Crippen molar-refractivity contribution in [3.63, 3.8) is 0 Å². The van der Waals surface area contributed by atoms with Gasteiger partial charge in [-0.2, -0.15) is 13.2 Å². The van der Waals surface area contributed by atoms with Crippen LogP contribution in [0.5, 0.6) is 17.2 Å². The minimum absolute atomic E-state index is 0.00725. The molecule has 0 aromatic heterocycles. The van der Waals surface area contributed by atoms with Gasteiger partial charge in [0.15, 0.2) is 11.6 Å². The number of para-hydroxylation sites is 1. The van der Waals surface area contributed by atoms with Crippen LogP contribution in [-0.2, 0) is 34.9 Å². The van der Waals surface area contributed by atoms with Crippen LogP contribution in [-0.4, -0.2) is 192 Å². The molecule has 0 amide bonds. The summed E-state index contributed by atoms with van der Waals surface area (Å²) in [7, 11) is 0. The van der Waals surface area contributed by atoms with Crippen LogP contribution in [0.25, 0.3) is 0 Å². The molecule has 30 N–H and O–H groups in total. The van der Waals surface area contributed by atoms with E-state index < -0.39 is 132 Å². The second-order valence-corrected chi connectivity index (χ2v) is 31.4. The first-order valence-electron chi connectivity index (χ1n) is 41.9. The Balaban J connectivity index is 0.000000793. The van der Waals surface area contributed by atoms with Gasteiger partial charge in [-0.15, -0.1) is 0 Å². The molecular formula is C88H132ClF4N9O24. The summed E-state index contributed by atoms with van der Waals surface area (Å²) in [6.45, 7) is -0.358. The molecule has 33 nitrogen and oxygen atoms in total. The van der Waals surface area contributed by atoms with E-state index in [1.54, 1.807) is 60.7 Å². The van der Waals surface area contributed by atoms with Crippen LogP contribution in [0.3, 0.4) is 0 Å². The number of aliphatic hydroxyl groups excluding tert-OH is 9. The average molecular weight is 1810 g/mol. The number of hydrogen-bond donors (Lipinski definition) is 18. The Morgan fingerprint density at radius 2 is 0.762 bits per heavy atom.